The van der Waals surface area contributed by atoms with Crippen LogP contribution in [-0.4, -0.2) is 46.4 Å². The molecule has 1 unspecified atom stereocenters. The lowest BCUT2D eigenvalue weighted by Gasteiger charge is -2.14. The number of ether oxygens (including phenoxy) is 1. The number of esters is 1. The van der Waals surface area contributed by atoms with Crippen molar-refractivity contribution >= 4 is 11.9 Å². The zero-order valence-corrected chi connectivity index (χ0v) is 12.2. The second-order valence-electron chi connectivity index (χ2n) is 4.15. The fraction of sp³-hybridized carbons (Fsp3) is 0.385. The Hall–Kier alpha value is -2.84. The third-order valence-electron chi connectivity index (χ3n) is 2.47. The van der Waals surface area contributed by atoms with Crippen LogP contribution in [0.15, 0.2) is 35.6 Å². The first-order chi connectivity index (χ1) is 10.4. The van der Waals surface area contributed by atoms with Gasteiger partial charge in [-0.1, -0.05) is 18.2 Å². The van der Waals surface area contributed by atoms with Crippen molar-refractivity contribution < 1.29 is 29.2 Å². The van der Waals surface area contributed by atoms with Crippen LogP contribution < -0.4 is 0 Å². The summed E-state index contributed by atoms with van der Waals surface area (Å²) in [5, 5.41) is 24.2. The summed E-state index contributed by atoms with van der Waals surface area (Å²) in [6.45, 7) is 2.57. The molecule has 0 saturated heterocycles. The van der Waals surface area contributed by atoms with Crippen molar-refractivity contribution in [2.24, 2.45) is 5.28 Å². The number of hydrogen-bond acceptors (Lipinski definition) is 6. The van der Waals surface area contributed by atoms with E-state index in [0.717, 1.165) is 5.01 Å². The molecule has 0 spiro atoms. The minimum Gasteiger partial charge on any atom is -0.569 e. The molecule has 22 heavy (non-hydrogen) atoms. The molecule has 0 aliphatic heterocycles. The van der Waals surface area contributed by atoms with Crippen molar-refractivity contribution in [3.8, 4) is 0 Å². The second kappa shape index (κ2) is 8.45. The Morgan fingerprint density at radius 2 is 2.05 bits per heavy atom. The van der Waals surface area contributed by atoms with E-state index in [4.69, 9.17) is 14.7 Å². The fourth-order valence-corrected chi connectivity index (χ4v) is 1.42. The summed E-state index contributed by atoms with van der Waals surface area (Å²) in [5.74, 6) is -1.81. The number of nitrogens with zero attached hydrogens (tertiary/aromatic N) is 3. The maximum atomic E-state index is 11.7. The van der Waals surface area contributed by atoms with Gasteiger partial charge in [0.05, 0.1) is 17.1 Å². The van der Waals surface area contributed by atoms with E-state index in [2.05, 4.69) is 5.28 Å². The highest BCUT2D eigenvalue weighted by molar-refractivity contribution is 5.89. The van der Waals surface area contributed by atoms with Crippen LogP contribution in [0, 0.1) is 5.21 Å². The monoisotopic (exact) mass is 311 g/mol. The molecule has 0 bridgehead atoms. The first-order valence-electron chi connectivity index (χ1n) is 6.50. The standard InChI is InChI=1S/C13H17N3O6/c1-3-15(9-12(17)18)16(20)14-22-10(2)21-13(19)11-7-5-4-6-8-11/h4-8,10H,3,9H2,1-2H3,(H,17,18)/b16-14+. The van der Waals surface area contributed by atoms with Gasteiger partial charge in [-0.2, -0.15) is 0 Å². The van der Waals surface area contributed by atoms with E-state index < -0.39 is 24.8 Å². The van der Waals surface area contributed by atoms with E-state index >= 15 is 0 Å². The van der Waals surface area contributed by atoms with E-state index in [0.29, 0.717) is 5.56 Å². The summed E-state index contributed by atoms with van der Waals surface area (Å²) >= 11 is 0. The lowest BCUT2D eigenvalue weighted by Crippen LogP contribution is -2.35. The SMILES string of the molecule is CCN(CC(=O)O)/[N+]([O-])=N\OC(C)OC(=O)c1ccccc1. The highest BCUT2D eigenvalue weighted by atomic mass is 16.8. The summed E-state index contributed by atoms with van der Waals surface area (Å²) < 4.78 is 4.93. The minimum absolute atomic E-state index is 0.000966. The molecule has 9 nitrogen and oxygen atoms in total. The molecule has 120 valence electrons. The highest BCUT2D eigenvalue weighted by Gasteiger charge is 2.17. The number of benzene rings is 1. The molecule has 1 rings (SSSR count). The molecule has 0 aliphatic carbocycles. The molecular weight excluding hydrogens is 294 g/mol. The lowest BCUT2D eigenvalue weighted by atomic mass is 10.2. The number of carboxylic acid groups (broad SMARTS) is 1. The van der Waals surface area contributed by atoms with Gasteiger partial charge in [0.15, 0.2) is 6.54 Å². The van der Waals surface area contributed by atoms with Crippen LogP contribution in [0.4, 0.5) is 0 Å². The van der Waals surface area contributed by atoms with Gasteiger partial charge in [-0.05, 0) is 19.1 Å². The van der Waals surface area contributed by atoms with Crippen molar-refractivity contribution in [1.82, 2.24) is 5.01 Å². The van der Waals surface area contributed by atoms with Crippen LogP contribution in [-0.2, 0) is 14.4 Å². The number of hydrogen-bond donors (Lipinski definition) is 1. The van der Waals surface area contributed by atoms with E-state index in [1.165, 1.54) is 6.92 Å². The van der Waals surface area contributed by atoms with Crippen LogP contribution in [0.2, 0.25) is 0 Å². The summed E-state index contributed by atoms with van der Waals surface area (Å²) in [6, 6.07) is 8.24. The summed E-state index contributed by atoms with van der Waals surface area (Å²) in [6.07, 6.45) is -1.10. The van der Waals surface area contributed by atoms with Crippen LogP contribution in [0.3, 0.4) is 0 Å². The van der Waals surface area contributed by atoms with Gasteiger partial charge in [-0.15, -0.1) is 5.01 Å². The number of carboxylic acids is 1. The van der Waals surface area contributed by atoms with E-state index in [9.17, 15) is 14.8 Å². The van der Waals surface area contributed by atoms with Gasteiger partial charge in [0.2, 0.25) is 5.28 Å². The van der Waals surface area contributed by atoms with Gasteiger partial charge < -0.3 is 15.1 Å². The minimum atomic E-state index is -1.18. The first kappa shape index (κ1) is 17.2. The predicted molar refractivity (Wildman–Crippen MR) is 73.3 cm³/mol. The molecule has 1 aromatic rings. The average molecular weight is 311 g/mol. The van der Waals surface area contributed by atoms with Gasteiger partial charge in [0.25, 0.3) is 6.29 Å². The molecule has 9 heteroatoms. The van der Waals surface area contributed by atoms with Gasteiger partial charge in [-0.25, -0.2) is 4.79 Å². The molecule has 0 aliphatic rings. The Labute approximate surface area is 126 Å². The Bertz CT molecular complexity index is 534. The number of carbonyl (C=O) groups excluding carboxylic acids is 1. The molecule has 0 aromatic heterocycles. The molecule has 0 saturated carbocycles. The summed E-state index contributed by atoms with van der Waals surface area (Å²) in [4.78, 5) is 27.0. The number of aliphatic carboxylic acids is 1. The number of likely N-dealkylation sites (N-methyl/N-ethyl adjacent to an activating group) is 1. The van der Waals surface area contributed by atoms with Gasteiger partial charge in [0.1, 0.15) is 0 Å². The normalized spacial score (nSPS) is 12.4. The maximum Gasteiger partial charge on any atom is 0.341 e. The van der Waals surface area contributed by atoms with E-state index in [1.54, 1.807) is 37.3 Å². The van der Waals surface area contributed by atoms with Crippen LogP contribution >= 0.6 is 0 Å². The van der Waals surface area contributed by atoms with Crippen molar-refractivity contribution in [3.05, 3.63) is 41.1 Å². The Morgan fingerprint density at radius 3 is 2.59 bits per heavy atom. The van der Waals surface area contributed by atoms with Crippen molar-refractivity contribution in [1.29, 1.82) is 0 Å². The number of rotatable bonds is 8. The summed E-state index contributed by atoms with van der Waals surface area (Å²) in [7, 11) is 0. The van der Waals surface area contributed by atoms with Gasteiger partial charge >= 0.3 is 11.9 Å². The smallest absolute Gasteiger partial charge is 0.341 e. The Kier molecular flexibility index (Phi) is 6.61. The molecule has 0 radical (unpaired) electrons. The molecule has 1 aromatic carbocycles. The Morgan fingerprint density at radius 1 is 1.41 bits per heavy atom. The maximum absolute atomic E-state index is 11.7. The molecule has 0 fully saturated rings. The second-order valence-corrected chi connectivity index (χ2v) is 4.15. The topological polar surface area (TPSA) is 114 Å². The average Bonchev–Trinajstić information content (AvgIpc) is 2.50. The molecule has 1 N–H and O–H groups in total. The largest absolute Gasteiger partial charge is 0.569 e. The van der Waals surface area contributed by atoms with Crippen molar-refractivity contribution in [3.63, 3.8) is 0 Å². The molecule has 0 amide bonds. The third kappa shape index (κ3) is 5.65. The van der Waals surface area contributed by atoms with Crippen molar-refractivity contribution in [2.45, 2.75) is 20.1 Å². The number of hydrazine groups is 1. The highest BCUT2D eigenvalue weighted by Crippen LogP contribution is 2.05. The summed E-state index contributed by atoms with van der Waals surface area (Å²) in [5.41, 5.74) is 0.331. The van der Waals surface area contributed by atoms with Crippen LogP contribution in [0.1, 0.15) is 24.2 Å². The molecule has 1 atom stereocenters. The Balaban J connectivity index is 2.53. The number of carbonyl (C=O) groups is 2. The predicted octanol–water partition coefficient (Wildman–Crippen LogP) is 1.40. The van der Waals surface area contributed by atoms with Crippen LogP contribution in [0.25, 0.3) is 0 Å². The fourth-order valence-electron chi connectivity index (χ4n) is 1.42. The first-order valence-corrected chi connectivity index (χ1v) is 6.50. The van der Waals surface area contributed by atoms with Gasteiger partial charge in [0, 0.05) is 6.92 Å². The lowest BCUT2D eigenvalue weighted by molar-refractivity contribution is -0.710. The zero-order chi connectivity index (χ0) is 16.5. The van der Waals surface area contributed by atoms with E-state index in [1.807, 2.05) is 0 Å². The molecular formula is C13H17N3O6. The van der Waals surface area contributed by atoms with E-state index in [-0.39, 0.29) is 11.5 Å². The van der Waals surface area contributed by atoms with Gasteiger partial charge in [-0.3, -0.25) is 9.63 Å². The van der Waals surface area contributed by atoms with Crippen molar-refractivity contribution in [2.75, 3.05) is 13.1 Å². The quantitative estimate of drug-likeness (QED) is 0.254. The zero-order valence-electron chi connectivity index (χ0n) is 12.2. The van der Waals surface area contributed by atoms with Crippen LogP contribution in [0.5, 0.6) is 0 Å². The molecule has 0 heterocycles. The third-order valence-corrected chi connectivity index (χ3v) is 2.47.